The maximum Gasteiger partial charge on any atom is 0.202 e. The minimum atomic E-state index is -0.214. The highest BCUT2D eigenvalue weighted by Crippen LogP contribution is 2.23. The first-order chi connectivity index (χ1) is 8.63. The largest absolute Gasteiger partial charge is 0.358 e. The molecule has 2 rings (SSSR count). The molecule has 0 saturated carbocycles. The lowest BCUT2D eigenvalue weighted by Crippen LogP contribution is -2.09. The molecule has 1 aromatic carbocycles. The SMILES string of the molecule is CC(C)Nc1nc(CSc2cccc(F)c2)ns1. The van der Waals surface area contributed by atoms with Gasteiger partial charge in [0.2, 0.25) is 5.13 Å². The first-order valence-corrected chi connectivity index (χ1v) is 7.37. The Morgan fingerprint density at radius 3 is 3.00 bits per heavy atom. The highest BCUT2D eigenvalue weighted by atomic mass is 32.2. The summed E-state index contributed by atoms with van der Waals surface area (Å²) < 4.78 is 17.2. The lowest BCUT2D eigenvalue weighted by atomic mass is 10.4. The van der Waals surface area contributed by atoms with Crippen LogP contribution in [0.25, 0.3) is 0 Å². The van der Waals surface area contributed by atoms with E-state index in [0.717, 1.165) is 15.9 Å². The van der Waals surface area contributed by atoms with Gasteiger partial charge in [-0.1, -0.05) is 6.07 Å². The monoisotopic (exact) mass is 283 g/mol. The molecular formula is C12H14FN3S2. The normalized spacial score (nSPS) is 10.9. The molecule has 0 spiro atoms. The summed E-state index contributed by atoms with van der Waals surface area (Å²) in [5, 5.41) is 4.04. The van der Waals surface area contributed by atoms with Crippen LogP contribution in [0.15, 0.2) is 29.2 Å². The number of aromatic nitrogens is 2. The summed E-state index contributed by atoms with van der Waals surface area (Å²) in [4.78, 5) is 5.26. The van der Waals surface area contributed by atoms with Gasteiger partial charge in [0.15, 0.2) is 5.82 Å². The van der Waals surface area contributed by atoms with Crippen molar-refractivity contribution in [2.24, 2.45) is 0 Å². The molecule has 2 aromatic rings. The fourth-order valence-electron chi connectivity index (χ4n) is 1.32. The predicted molar refractivity (Wildman–Crippen MR) is 74.6 cm³/mol. The van der Waals surface area contributed by atoms with E-state index in [1.165, 1.54) is 35.4 Å². The molecule has 0 saturated heterocycles. The maximum atomic E-state index is 13.0. The zero-order chi connectivity index (χ0) is 13.0. The van der Waals surface area contributed by atoms with Crippen LogP contribution in [-0.4, -0.2) is 15.4 Å². The second-order valence-corrected chi connectivity index (χ2v) is 5.86. The van der Waals surface area contributed by atoms with E-state index in [4.69, 9.17) is 0 Å². The average Bonchev–Trinajstić information content (AvgIpc) is 2.73. The number of benzene rings is 1. The van der Waals surface area contributed by atoms with Gasteiger partial charge in [0, 0.05) is 22.5 Å². The molecule has 0 aliphatic rings. The van der Waals surface area contributed by atoms with Gasteiger partial charge in [0.1, 0.15) is 5.82 Å². The molecule has 0 amide bonds. The first kappa shape index (κ1) is 13.3. The van der Waals surface area contributed by atoms with E-state index in [1.54, 1.807) is 6.07 Å². The van der Waals surface area contributed by atoms with E-state index in [2.05, 4.69) is 28.5 Å². The zero-order valence-electron chi connectivity index (χ0n) is 10.2. The molecule has 0 atom stereocenters. The van der Waals surface area contributed by atoms with Gasteiger partial charge in [-0.25, -0.2) is 9.37 Å². The Kier molecular flexibility index (Phi) is 4.54. The van der Waals surface area contributed by atoms with Crippen molar-refractivity contribution in [1.29, 1.82) is 0 Å². The van der Waals surface area contributed by atoms with Crippen LogP contribution in [0.2, 0.25) is 0 Å². The topological polar surface area (TPSA) is 37.8 Å². The third-order valence-corrected chi connectivity index (χ3v) is 3.72. The molecule has 18 heavy (non-hydrogen) atoms. The number of hydrogen-bond donors (Lipinski definition) is 1. The van der Waals surface area contributed by atoms with E-state index in [-0.39, 0.29) is 5.82 Å². The summed E-state index contributed by atoms with van der Waals surface area (Å²) in [7, 11) is 0. The van der Waals surface area contributed by atoms with Crippen molar-refractivity contribution in [1.82, 2.24) is 9.36 Å². The zero-order valence-corrected chi connectivity index (χ0v) is 11.8. The van der Waals surface area contributed by atoms with E-state index < -0.39 is 0 Å². The van der Waals surface area contributed by atoms with Crippen molar-refractivity contribution >= 4 is 28.4 Å². The molecule has 0 radical (unpaired) electrons. The van der Waals surface area contributed by atoms with E-state index >= 15 is 0 Å². The first-order valence-electron chi connectivity index (χ1n) is 5.61. The Morgan fingerprint density at radius 1 is 1.44 bits per heavy atom. The Hall–Kier alpha value is -1.14. The van der Waals surface area contributed by atoms with Gasteiger partial charge in [0.05, 0.1) is 5.75 Å². The second kappa shape index (κ2) is 6.15. The highest BCUT2D eigenvalue weighted by molar-refractivity contribution is 7.98. The minimum Gasteiger partial charge on any atom is -0.358 e. The van der Waals surface area contributed by atoms with Crippen LogP contribution in [0.4, 0.5) is 9.52 Å². The van der Waals surface area contributed by atoms with Crippen LogP contribution >= 0.6 is 23.3 Å². The molecule has 6 heteroatoms. The number of rotatable bonds is 5. The van der Waals surface area contributed by atoms with Gasteiger partial charge in [-0.05, 0) is 32.0 Å². The number of hydrogen-bond acceptors (Lipinski definition) is 5. The van der Waals surface area contributed by atoms with Crippen molar-refractivity contribution in [3.63, 3.8) is 0 Å². The molecule has 1 aromatic heterocycles. The molecule has 1 heterocycles. The third-order valence-electron chi connectivity index (χ3n) is 2.04. The summed E-state index contributed by atoms with van der Waals surface area (Å²) in [6.07, 6.45) is 0. The highest BCUT2D eigenvalue weighted by Gasteiger charge is 2.06. The number of thioether (sulfide) groups is 1. The number of nitrogens with zero attached hydrogens (tertiary/aromatic N) is 2. The van der Waals surface area contributed by atoms with Crippen LogP contribution in [0, 0.1) is 5.82 Å². The number of halogens is 1. The van der Waals surface area contributed by atoms with E-state index in [1.807, 2.05) is 6.07 Å². The Bertz CT molecular complexity index is 514. The summed E-state index contributed by atoms with van der Waals surface area (Å²) in [6, 6.07) is 6.90. The standard InChI is InChI=1S/C12H14FN3S2/c1-8(2)14-12-15-11(16-18-12)7-17-10-5-3-4-9(13)6-10/h3-6,8H,7H2,1-2H3,(H,14,15,16). The van der Waals surface area contributed by atoms with E-state index in [0.29, 0.717) is 11.8 Å². The van der Waals surface area contributed by atoms with Gasteiger partial charge in [0.25, 0.3) is 0 Å². The van der Waals surface area contributed by atoms with Crippen molar-refractivity contribution in [2.45, 2.75) is 30.5 Å². The van der Waals surface area contributed by atoms with Crippen LogP contribution in [0.3, 0.4) is 0 Å². The Morgan fingerprint density at radius 2 is 2.28 bits per heavy atom. The van der Waals surface area contributed by atoms with Crippen LogP contribution in [0.5, 0.6) is 0 Å². The predicted octanol–water partition coefficient (Wildman–Crippen LogP) is 3.79. The number of nitrogens with one attached hydrogen (secondary N) is 1. The molecule has 0 fully saturated rings. The van der Waals surface area contributed by atoms with Crippen LogP contribution in [-0.2, 0) is 5.75 Å². The molecule has 1 N–H and O–H groups in total. The maximum absolute atomic E-state index is 13.0. The summed E-state index contributed by atoms with van der Waals surface area (Å²) in [5.41, 5.74) is 0. The van der Waals surface area contributed by atoms with Crippen LogP contribution in [0.1, 0.15) is 19.7 Å². The van der Waals surface area contributed by atoms with Crippen molar-refractivity contribution in [3.05, 3.63) is 35.9 Å². The van der Waals surface area contributed by atoms with Gasteiger partial charge < -0.3 is 5.32 Å². The fourth-order valence-corrected chi connectivity index (χ4v) is 2.93. The average molecular weight is 283 g/mol. The van der Waals surface area contributed by atoms with Gasteiger partial charge >= 0.3 is 0 Å². The van der Waals surface area contributed by atoms with Gasteiger partial charge in [-0.3, -0.25) is 0 Å². The number of anilines is 1. The Labute approximate surface area is 114 Å². The van der Waals surface area contributed by atoms with Crippen molar-refractivity contribution in [2.75, 3.05) is 5.32 Å². The minimum absolute atomic E-state index is 0.214. The molecule has 0 unspecified atom stereocenters. The molecule has 3 nitrogen and oxygen atoms in total. The molecule has 0 aliphatic heterocycles. The summed E-state index contributed by atoms with van der Waals surface area (Å²) >= 11 is 2.89. The fraction of sp³-hybridized carbons (Fsp3) is 0.333. The lowest BCUT2D eigenvalue weighted by molar-refractivity contribution is 0.624. The molecular weight excluding hydrogens is 269 g/mol. The van der Waals surface area contributed by atoms with Gasteiger partial charge in [-0.2, -0.15) is 4.37 Å². The smallest absolute Gasteiger partial charge is 0.202 e. The molecule has 0 aliphatic carbocycles. The summed E-state index contributed by atoms with van der Waals surface area (Å²) in [6.45, 7) is 4.12. The van der Waals surface area contributed by atoms with Gasteiger partial charge in [-0.15, -0.1) is 11.8 Å². The van der Waals surface area contributed by atoms with E-state index in [9.17, 15) is 4.39 Å². The third kappa shape index (κ3) is 3.96. The Balaban J connectivity index is 1.92. The second-order valence-electron chi connectivity index (χ2n) is 4.06. The molecule has 0 bridgehead atoms. The summed E-state index contributed by atoms with van der Waals surface area (Å²) in [5.74, 6) is 1.21. The van der Waals surface area contributed by atoms with Crippen LogP contribution < -0.4 is 5.32 Å². The van der Waals surface area contributed by atoms with Crippen molar-refractivity contribution < 1.29 is 4.39 Å². The lowest BCUT2D eigenvalue weighted by Gasteiger charge is -2.03. The molecule has 96 valence electrons. The quantitative estimate of drug-likeness (QED) is 0.847. The van der Waals surface area contributed by atoms with Crippen molar-refractivity contribution in [3.8, 4) is 0 Å².